The number of carbonyl (C=O) groups excluding carboxylic acids is 1. The quantitative estimate of drug-likeness (QED) is 0.502. The lowest BCUT2D eigenvalue weighted by Crippen LogP contribution is -2.49. The van der Waals surface area contributed by atoms with Gasteiger partial charge in [0.25, 0.3) is 5.91 Å². The van der Waals surface area contributed by atoms with E-state index in [2.05, 4.69) is 5.48 Å². The summed E-state index contributed by atoms with van der Waals surface area (Å²) in [6, 6.07) is 4.82. The first-order valence-corrected chi connectivity index (χ1v) is 9.38. The Kier molecular flexibility index (Phi) is 8.30. The maximum Gasteiger partial charge on any atom is 0.262 e. The molecule has 0 aliphatic carbocycles. The number of hydroxylamine groups is 1. The van der Waals surface area contributed by atoms with Crippen LogP contribution in [-0.4, -0.2) is 39.1 Å². The van der Waals surface area contributed by atoms with Crippen LogP contribution in [0.25, 0.3) is 0 Å². The Hall–Kier alpha value is -1.51. The largest absolute Gasteiger partial charge is 0.354 e. The van der Waals surface area contributed by atoms with Gasteiger partial charge < -0.3 is 9.30 Å². The van der Waals surface area contributed by atoms with Gasteiger partial charge in [-0.1, -0.05) is 19.4 Å². The highest BCUT2D eigenvalue weighted by molar-refractivity contribution is 7.86. The van der Waals surface area contributed by atoms with E-state index in [0.29, 0.717) is 6.42 Å². The first-order chi connectivity index (χ1) is 11.3. The van der Waals surface area contributed by atoms with Crippen LogP contribution in [0.5, 0.6) is 0 Å². The standard InChI is InChI=1S/C16H26N2O5S/c1-5-8-14(22-3)23-17-15(20)16(2,24(4)21)10-12-18-11-7-6-9-13(18)19/h6-7,9,11,14H,5,8,10,12H2,1-4H3,(H,17,20). The Bertz CT molecular complexity index is 618. The predicted octanol–water partition coefficient (Wildman–Crippen LogP) is 1.20. The van der Waals surface area contributed by atoms with Crippen molar-refractivity contribution in [2.45, 2.75) is 50.7 Å². The minimum atomic E-state index is -1.45. The van der Waals surface area contributed by atoms with Gasteiger partial charge in [-0.05, 0) is 19.4 Å². The van der Waals surface area contributed by atoms with Crippen LogP contribution in [0.1, 0.15) is 33.1 Å². The Labute approximate surface area is 144 Å². The van der Waals surface area contributed by atoms with Crippen LogP contribution in [-0.2, 0) is 31.7 Å². The average Bonchev–Trinajstić information content (AvgIpc) is 2.57. The van der Waals surface area contributed by atoms with E-state index in [1.807, 2.05) is 6.92 Å². The number of aromatic nitrogens is 1. The molecule has 3 atom stereocenters. The molecule has 0 saturated carbocycles. The van der Waals surface area contributed by atoms with Crippen molar-refractivity contribution in [3.63, 3.8) is 0 Å². The van der Waals surface area contributed by atoms with E-state index >= 15 is 0 Å². The number of methoxy groups -OCH3 is 1. The third-order valence-corrected chi connectivity index (χ3v) is 5.57. The van der Waals surface area contributed by atoms with Gasteiger partial charge in [0.2, 0.25) is 5.56 Å². The molecular formula is C16H26N2O5S. The van der Waals surface area contributed by atoms with Gasteiger partial charge in [0, 0.05) is 49.4 Å². The van der Waals surface area contributed by atoms with Crippen LogP contribution in [0.15, 0.2) is 29.2 Å². The Morgan fingerprint density at radius 2 is 2.17 bits per heavy atom. The fourth-order valence-electron chi connectivity index (χ4n) is 2.05. The summed E-state index contributed by atoms with van der Waals surface area (Å²) in [4.78, 5) is 29.5. The molecule has 1 N–H and O–H groups in total. The summed E-state index contributed by atoms with van der Waals surface area (Å²) in [6.45, 7) is 3.85. The molecule has 0 saturated heterocycles. The molecule has 1 heterocycles. The van der Waals surface area contributed by atoms with Crippen LogP contribution >= 0.6 is 0 Å². The van der Waals surface area contributed by atoms with Crippen LogP contribution in [0.2, 0.25) is 0 Å². The first kappa shape index (κ1) is 20.5. The zero-order valence-electron chi connectivity index (χ0n) is 14.6. The van der Waals surface area contributed by atoms with Crippen molar-refractivity contribution < 1.29 is 18.6 Å². The molecular weight excluding hydrogens is 332 g/mol. The fraction of sp³-hybridized carbons (Fsp3) is 0.625. The van der Waals surface area contributed by atoms with E-state index < -0.39 is 27.7 Å². The first-order valence-electron chi connectivity index (χ1n) is 7.83. The van der Waals surface area contributed by atoms with Gasteiger partial charge in [0.15, 0.2) is 6.29 Å². The van der Waals surface area contributed by atoms with Gasteiger partial charge in [-0.2, -0.15) is 0 Å². The Morgan fingerprint density at radius 1 is 1.46 bits per heavy atom. The fourth-order valence-corrected chi connectivity index (χ4v) is 2.74. The normalized spacial score (nSPS) is 16.2. The third kappa shape index (κ3) is 5.54. The molecule has 0 radical (unpaired) electrons. The lowest BCUT2D eigenvalue weighted by molar-refractivity contribution is -0.181. The van der Waals surface area contributed by atoms with Crippen molar-refractivity contribution >= 4 is 16.7 Å². The Balaban J connectivity index is 2.76. The molecule has 7 nitrogen and oxygen atoms in total. The van der Waals surface area contributed by atoms with E-state index in [4.69, 9.17) is 9.57 Å². The number of carbonyl (C=O) groups is 1. The molecule has 136 valence electrons. The molecule has 1 aromatic heterocycles. The number of nitrogens with one attached hydrogen (secondary N) is 1. The minimum Gasteiger partial charge on any atom is -0.354 e. The number of hydrogen-bond donors (Lipinski definition) is 1. The average molecular weight is 358 g/mol. The monoisotopic (exact) mass is 358 g/mol. The van der Waals surface area contributed by atoms with Crippen LogP contribution < -0.4 is 11.0 Å². The van der Waals surface area contributed by atoms with E-state index in [0.717, 1.165) is 6.42 Å². The second-order valence-electron chi connectivity index (χ2n) is 5.67. The van der Waals surface area contributed by atoms with Crippen molar-refractivity contribution in [3.05, 3.63) is 34.7 Å². The van der Waals surface area contributed by atoms with Gasteiger partial charge in [0.05, 0.1) is 0 Å². The molecule has 0 fully saturated rings. The minimum absolute atomic E-state index is 0.166. The molecule has 1 rings (SSSR count). The summed E-state index contributed by atoms with van der Waals surface area (Å²) >= 11 is 0. The highest BCUT2D eigenvalue weighted by Crippen LogP contribution is 2.19. The highest BCUT2D eigenvalue weighted by atomic mass is 32.2. The number of pyridine rings is 1. The van der Waals surface area contributed by atoms with Crippen molar-refractivity contribution in [3.8, 4) is 0 Å². The molecule has 24 heavy (non-hydrogen) atoms. The molecule has 0 spiro atoms. The smallest absolute Gasteiger partial charge is 0.262 e. The lowest BCUT2D eigenvalue weighted by Gasteiger charge is -2.27. The van der Waals surface area contributed by atoms with Crippen molar-refractivity contribution in [1.82, 2.24) is 10.0 Å². The van der Waals surface area contributed by atoms with E-state index in [-0.39, 0.29) is 18.5 Å². The number of ether oxygens (including phenoxy) is 1. The van der Waals surface area contributed by atoms with E-state index in [1.54, 1.807) is 25.3 Å². The summed E-state index contributed by atoms with van der Waals surface area (Å²) < 4.78 is 17.5. The van der Waals surface area contributed by atoms with Crippen molar-refractivity contribution in [2.24, 2.45) is 0 Å². The van der Waals surface area contributed by atoms with Crippen LogP contribution in [0.3, 0.4) is 0 Å². The van der Waals surface area contributed by atoms with Gasteiger partial charge >= 0.3 is 0 Å². The van der Waals surface area contributed by atoms with Gasteiger partial charge in [-0.15, -0.1) is 0 Å². The van der Waals surface area contributed by atoms with Gasteiger partial charge in [-0.3, -0.25) is 13.8 Å². The lowest BCUT2D eigenvalue weighted by atomic mass is 10.1. The number of hydrogen-bond acceptors (Lipinski definition) is 5. The second kappa shape index (κ2) is 9.71. The zero-order chi connectivity index (χ0) is 18.2. The molecule has 1 aromatic rings. The molecule has 0 bridgehead atoms. The van der Waals surface area contributed by atoms with Gasteiger partial charge in [0.1, 0.15) is 4.75 Å². The summed E-state index contributed by atoms with van der Waals surface area (Å²) in [7, 11) is 0.0436. The zero-order valence-corrected chi connectivity index (χ0v) is 15.4. The molecule has 3 unspecified atom stereocenters. The number of amides is 1. The summed E-state index contributed by atoms with van der Waals surface area (Å²) in [5.41, 5.74) is 2.18. The van der Waals surface area contributed by atoms with Gasteiger partial charge in [-0.25, -0.2) is 10.3 Å². The topological polar surface area (TPSA) is 86.6 Å². The predicted molar refractivity (Wildman–Crippen MR) is 92.7 cm³/mol. The van der Waals surface area contributed by atoms with E-state index in [1.165, 1.54) is 24.0 Å². The molecule has 0 aliphatic heterocycles. The maximum atomic E-state index is 12.5. The SMILES string of the molecule is CCCC(OC)ONC(=O)C(C)(CCn1ccccc1=O)S(C)=O. The van der Waals surface area contributed by atoms with Crippen LogP contribution in [0.4, 0.5) is 0 Å². The second-order valence-corrected chi connectivity index (χ2v) is 7.48. The summed E-state index contributed by atoms with van der Waals surface area (Å²) in [5, 5.41) is 0. The molecule has 8 heteroatoms. The van der Waals surface area contributed by atoms with Crippen molar-refractivity contribution in [1.29, 1.82) is 0 Å². The van der Waals surface area contributed by atoms with Crippen LogP contribution in [0, 0.1) is 0 Å². The highest BCUT2D eigenvalue weighted by Gasteiger charge is 2.38. The maximum absolute atomic E-state index is 12.5. The number of aryl methyl sites for hydroxylation is 1. The number of nitrogens with zero attached hydrogens (tertiary/aromatic N) is 1. The molecule has 0 aromatic carbocycles. The Morgan fingerprint density at radius 3 is 2.71 bits per heavy atom. The number of rotatable bonds is 10. The third-order valence-electron chi connectivity index (χ3n) is 3.91. The van der Waals surface area contributed by atoms with Crippen molar-refractivity contribution in [2.75, 3.05) is 13.4 Å². The summed E-state index contributed by atoms with van der Waals surface area (Å²) in [6.07, 6.45) is 4.25. The van der Waals surface area contributed by atoms with E-state index in [9.17, 15) is 13.8 Å². The molecule has 0 aliphatic rings. The molecule has 1 amide bonds. The summed E-state index contributed by atoms with van der Waals surface area (Å²) in [5.74, 6) is -0.495.